The van der Waals surface area contributed by atoms with E-state index in [1.807, 2.05) is 55.3 Å². The summed E-state index contributed by atoms with van der Waals surface area (Å²) >= 11 is 5.91. The van der Waals surface area contributed by atoms with Gasteiger partial charge in [-0.15, -0.1) is 0 Å². The lowest BCUT2D eigenvalue weighted by Crippen LogP contribution is -2.11. The Balaban J connectivity index is 3.05. The van der Waals surface area contributed by atoms with E-state index >= 15 is 0 Å². The average Bonchev–Trinajstić information content (AvgIpc) is 2.13. The van der Waals surface area contributed by atoms with Gasteiger partial charge in [0.05, 0.1) is 0 Å². The van der Waals surface area contributed by atoms with Crippen molar-refractivity contribution < 1.29 is 0 Å². The van der Waals surface area contributed by atoms with Crippen LogP contribution in [0.25, 0.3) is 0 Å². The van der Waals surface area contributed by atoms with E-state index in [0.29, 0.717) is 0 Å². The lowest BCUT2D eigenvalue weighted by Gasteiger charge is -2.20. The normalized spacial score (nSPS) is 10.5. The van der Waals surface area contributed by atoms with Crippen LogP contribution in [0.4, 0.5) is 5.69 Å². The van der Waals surface area contributed by atoms with Crippen molar-refractivity contribution in [2.45, 2.75) is 13.8 Å². The average molecular weight is 208 g/mol. The van der Waals surface area contributed by atoms with Crippen LogP contribution in [0.2, 0.25) is 5.02 Å². The molecular formula is C12H14ClN. The van der Waals surface area contributed by atoms with E-state index in [1.165, 1.54) is 0 Å². The quantitative estimate of drug-likeness (QED) is 0.718. The molecule has 0 saturated heterocycles. The van der Waals surface area contributed by atoms with Gasteiger partial charge in [-0.25, -0.2) is 0 Å². The van der Waals surface area contributed by atoms with Gasteiger partial charge in [0.25, 0.3) is 0 Å². The maximum atomic E-state index is 5.91. The summed E-state index contributed by atoms with van der Waals surface area (Å²) in [6, 6.07) is 7.70. The van der Waals surface area contributed by atoms with Crippen molar-refractivity contribution in [3.05, 3.63) is 53.8 Å². The maximum Gasteiger partial charge on any atom is 0.0466 e. The van der Waals surface area contributed by atoms with Crippen LogP contribution in [0.1, 0.15) is 13.8 Å². The minimum absolute atomic E-state index is 0.734. The minimum atomic E-state index is 0.734. The number of anilines is 1. The third-order valence-electron chi connectivity index (χ3n) is 1.80. The Morgan fingerprint density at radius 1 is 1.50 bits per heavy atom. The van der Waals surface area contributed by atoms with Gasteiger partial charge in [-0.05, 0) is 32.0 Å². The molecular weight excluding hydrogens is 194 g/mol. The third kappa shape index (κ3) is 2.64. The summed E-state index contributed by atoms with van der Waals surface area (Å²) in [5.41, 5.74) is 1.99. The van der Waals surface area contributed by atoms with Gasteiger partial charge in [-0.2, -0.15) is 0 Å². The number of allylic oxidation sites excluding steroid dienone is 2. The number of hydrogen-bond acceptors (Lipinski definition) is 1. The Hall–Kier alpha value is -1.21. The van der Waals surface area contributed by atoms with Crippen LogP contribution < -0.4 is 4.90 Å². The van der Waals surface area contributed by atoms with E-state index in [-0.39, 0.29) is 0 Å². The molecule has 0 aromatic heterocycles. The van der Waals surface area contributed by atoms with Crippen LogP contribution in [0.5, 0.6) is 0 Å². The van der Waals surface area contributed by atoms with Gasteiger partial charge in [-0.1, -0.05) is 30.3 Å². The molecule has 14 heavy (non-hydrogen) atoms. The molecule has 0 aliphatic rings. The van der Waals surface area contributed by atoms with Crippen molar-refractivity contribution in [1.29, 1.82) is 0 Å². The fourth-order valence-corrected chi connectivity index (χ4v) is 1.39. The first kappa shape index (κ1) is 10.9. The zero-order valence-electron chi connectivity index (χ0n) is 8.50. The molecule has 0 atom stereocenters. The lowest BCUT2D eigenvalue weighted by atomic mass is 10.3. The first-order valence-corrected chi connectivity index (χ1v) is 4.86. The van der Waals surface area contributed by atoms with E-state index in [9.17, 15) is 0 Å². The Morgan fingerprint density at radius 2 is 2.21 bits per heavy atom. The molecule has 2 heteroatoms. The second-order valence-electron chi connectivity index (χ2n) is 3.07. The summed E-state index contributed by atoms with van der Waals surface area (Å²) in [4.78, 5) is 1.99. The predicted molar refractivity (Wildman–Crippen MR) is 63.6 cm³/mol. The van der Waals surface area contributed by atoms with E-state index < -0.39 is 0 Å². The molecule has 0 aliphatic heterocycles. The summed E-state index contributed by atoms with van der Waals surface area (Å²) in [6.07, 6.45) is 3.93. The van der Waals surface area contributed by atoms with Crippen molar-refractivity contribution in [2.24, 2.45) is 0 Å². The van der Waals surface area contributed by atoms with Crippen molar-refractivity contribution in [3.63, 3.8) is 0 Å². The molecule has 74 valence electrons. The standard InChI is InChI=1S/C12H14ClN/c1-4-8-14(10(2)3)12-7-5-6-11(13)9-12/h4-9H,2H2,1,3H3/b8-4-. The highest BCUT2D eigenvalue weighted by Crippen LogP contribution is 2.22. The molecule has 1 aromatic carbocycles. The highest BCUT2D eigenvalue weighted by molar-refractivity contribution is 6.30. The summed E-state index contributed by atoms with van der Waals surface area (Å²) < 4.78 is 0. The molecule has 0 unspecified atom stereocenters. The molecule has 1 aromatic rings. The van der Waals surface area contributed by atoms with Gasteiger partial charge >= 0.3 is 0 Å². The highest BCUT2D eigenvalue weighted by atomic mass is 35.5. The predicted octanol–water partition coefficient (Wildman–Crippen LogP) is 4.21. The Kier molecular flexibility index (Phi) is 3.78. The van der Waals surface area contributed by atoms with Crippen molar-refractivity contribution in [2.75, 3.05) is 4.90 Å². The molecule has 0 aliphatic carbocycles. The van der Waals surface area contributed by atoms with Gasteiger partial charge < -0.3 is 4.90 Å². The molecule has 0 amide bonds. The Labute approximate surface area is 90.3 Å². The second-order valence-corrected chi connectivity index (χ2v) is 3.50. The summed E-state index contributed by atoms with van der Waals surface area (Å²) in [6.45, 7) is 7.84. The third-order valence-corrected chi connectivity index (χ3v) is 2.03. The van der Waals surface area contributed by atoms with E-state index in [2.05, 4.69) is 6.58 Å². The minimum Gasteiger partial charge on any atom is -0.322 e. The van der Waals surface area contributed by atoms with Crippen molar-refractivity contribution >= 4 is 17.3 Å². The van der Waals surface area contributed by atoms with Crippen LogP contribution in [-0.4, -0.2) is 0 Å². The largest absolute Gasteiger partial charge is 0.322 e. The molecule has 0 spiro atoms. The fourth-order valence-electron chi connectivity index (χ4n) is 1.21. The summed E-state index contributed by atoms with van der Waals surface area (Å²) in [5, 5.41) is 0.734. The van der Waals surface area contributed by atoms with E-state index in [1.54, 1.807) is 0 Å². The lowest BCUT2D eigenvalue weighted by molar-refractivity contribution is 1.16. The van der Waals surface area contributed by atoms with Gasteiger partial charge in [0, 0.05) is 22.6 Å². The Bertz CT molecular complexity index is 355. The smallest absolute Gasteiger partial charge is 0.0466 e. The maximum absolute atomic E-state index is 5.91. The van der Waals surface area contributed by atoms with Gasteiger partial charge in [0.1, 0.15) is 0 Å². The number of nitrogens with zero attached hydrogens (tertiary/aromatic N) is 1. The van der Waals surface area contributed by atoms with Crippen LogP contribution in [0.15, 0.2) is 48.8 Å². The van der Waals surface area contributed by atoms with Crippen LogP contribution >= 0.6 is 11.6 Å². The highest BCUT2D eigenvalue weighted by Gasteiger charge is 2.02. The number of hydrogen-bond donors (Lipinski definition) is 0. The molecule has 1 rings (SSSR count). The first-order chi connectivity index (χ1) is 6.65. The molecule has 0 saturated carbocycles. The Morgan fingerprint density at radius 3 is 2.71 bits per heavy atom. The molecule has 0 fully saturated rings. The van der Waals surface area contributed by atoms with Gasteiger partial charge in [-0.3, -0.25) is 0 Å². The monoisotopic (exact) mass is 207 g/mol. The SMILES string of the molecule is C=C(C)N(/C=C\C)c1cccc(Cl)c1. The molecule has 0 N–H and O–H groups in total. The van der Waals surface area contributed by atoms with Crippen molar-refractivity contribution in [1.82, 2.24) is 0 Å². The molecule has 1 nitrogen and oxygen atoms in total. The van der Waals surface area contributed by atoms with Gasteiger partial charge in [0.2, 0.25) is 0 Å². The second kappa shape index (κ2) is 4.87. The summed E-state index contributed by atoms with van der Waals surface area (Å²) in [7, 11) is 0. The summed E-state index contributed by atoms with van der Waals surface area (Å²) in [5.74, 6) is 0. The zero-order chi connectivity index (χ0) is 10.6. The van der Waals surface area contributed by atoms with E-state index in [4.69, 9.17) is 11.6 Å². The van der Waals surface area contributed by atoms with Crippen LogP contribution in [0, 0.1) is 0 Å². The topological polar surface area (TPSA) is 3.24 Å². The van der Waals surface area contributed by atoms with Gasteiger partial charge in [0.15, 0.2) is 0 Å². The van der Waals surface area contributed by atoms with Crippen LogP contribution in [-0.2, 0) is 0 Å². The fraction of sp³-hybridized carbons (Fsp3) is 0.167. The van der Waals surface area contributed by atoms with E-state index in [0.717, 1.165) is 16.4 Å². The number of benzene rings is 1. The molecule has 0 heterocycles. The van der Waals surface area contributed by atoms with Crippen molar-refractivity contribution in [3.8, 4) is 0 Å². The molecule has 0 bridgehead atoms. The van der Waals surface area contributed by atoms with Crippen LogP contribution in [0.3, 0.4) is 0 Å². The first-order valence-electron chi connectivity index (χ1n) is 4.48. The molecule has 0 radical (unpaired) electrons. The number of rotatable bonds is 3. The number of halogens is 1. The zero-order valence-corrected chi connectivity index (χ0v) is 9.25.